The number of carbonyl (C=O) groups excluding carboxylic acids is 2. The van der Waals surface area contributed by atoms with E-state index in [0.29, 0.717) is 58.8 Å². The first kappa shape index (κ1) is 28.5. The summed E-state index contributed by atoms with van der Waals surface area (Å²) in [6, 6.07) is 13.2. The highest BCUT2D eigenvalue weighted by Crippen LogP contribution is 2.31. The predicted molar refractivity (Wildman–Crippen MR) is 155 cm³/mol. The second kappa shape index (κ2) is 13.5. The van der Waals surface area contributed by atoms with Gasteiger partial charge in [-0.05, 0) is 48.6 Å². The summed E-state index contributed by atoms with van der Waals surface area (Å²) in [5.41, 5.74) is 1.97. The second-order valence-electron chi connectivity index (χ2n) is 10.9. The minimum atomic E-state index is -0.611. The lowest BCUT2D eigenvalue weighted by Crippen LogP contribution is -2.50. The normalized spacial score (nSPS) is 18.9. The third-order valence-corrected chi connectivity index (χ3v) is 7.09. The van der Waals surface area contributed by atoms with Crippen molar-refractivity contribution >= 4 is 11.8 Å². The number of amides is 2. The van der Waals surface area contributed by atoms with Gasteiger partial charge in [-0.3, -0.25) is 14.5 Å². The van der Waals surface area contributed by atoms with Gasteiger partial charge in [0.15, 0.2) is 11.5 Å². The van der Waals surface area contributed by atoms with E-state index in [1.54, 1.807) is 6.20 Å². The van der Waals surface area contributed by atoms with Crippen LogP contribution in [0.5, 0.6) is 17.2 Å². The van der Waals surface area contributed by atoms with Gasteiger partial charge >= 0.3 is 0 Å². The van der Waals surface area contributed by atoms with Gasteiger partial charge in [-0.15, -0.1) is 0 Å². The van der Waals surface area contributed by atoms with Crippen molar-refractivity contribution < 1.29 is 23.8 Å². The quantitative estimate of drug-likeness (QED) is 0.504. The van der Waals surface area contributed by atoms with Gasteiger partial charge in [-0.2, -0.15) is 0 Å². The topological polar surface area (TPSA) is 107 Å². The van der Waals surface area contributed by atoms with Crippen molar-refractivity contribution in [3.8, 4) is 28.6 Å². The van der Waals surface area contributed by atoms with Crippen LogP contribution in [0.3, 0.4) is 0 Å². The standard InChI is InChI=1S/C31H39N5O5/c1-22(2)17-26-31(38)33-10-13-36-12-9-32-30(36)24-5-3-6-25(19-24)39-14-4-11-35(21-29(37)34-26)20-23-7-8-27-28(18-23)41-16-15-40-27/h3,5-9,12,18-19,22,26H,4,10-11,13-17,20-21H2,1-2H3,(H,33,38)(H,34,37)/t26-/m1/s1. The molecule has 2 aliphatic rings. The van der Waals surface area contributed by atoms with Crippen LogP contribution in [0, 0.1) is 5.92 Å². The number of imidazole rings is 1. The molecule has 3 aromatic rings. The Morgan fingerprint density at radius 3 is 2.71 bits per heavy atom. The minimum Gasteiger partial charge on any atom is -0.494 e. The van der Waals surface area contributed by atoms with Gasteiger partial charge in [-0.25, -0.2) is 4.98 Å². The van der Waals surface area contributed by atoms with E-state index in [0.717, 1.165) is 34.2 Å². The summed E-state index contributed by atoms with van der Waals surface area (Å²) in [6.45, 7) is 7.95. The average Bonchev–Trinajstić information content (AvgIpc) is 3.43. The van der Waals surface area contributed by atoms with E-state index < -0.39 is 6.04 Å². The largest absolute Gasteiger partial charge is 0.494 e. The lowest BCUT2D eigenvalue weighted by molar-refractivity contribution is -0.130. The lowest BCUT2D eigenvalue weighted by atomic mass is 10.0. The van der Waals surface area contributed by atoms with Crippen molar-refractivity contribution in [3.05, 3.63) is 60.4 Å². The van der Waals surface area contributed by atoms with Gasteiger partial charge in [-0.1, -0.05) is 32.0 Å². The van der Waals surface area contributed by atoms with Gasteiger partial charge in [0.25, 0.3) is 0 Å². The zero-order valence-electron chi connectivity index (χ0n) is 23.8. The molecule has 10 heteroatoms. The fourth-order valence-electron chi connectivity index (χ4n) is 5.18. The van der Waals surface area contributed by atoms with Crippen molar-refractivity contribution in [3.63, 3.8) is 0 Å². The van der Waals surface area contributed by atoms with Crippen molar-refractivity contribution in [2.45, 2.75) is 45.8 Å². The van der Waals surface area contributed by atoms with E-state index >= 15 is 0 Å². The lowest BCUT2D eigenvalue weighted by Gasteiger charge is -2.26. The summed E-state index contributed by atoms with van der Waals surface area (Å²) in [4.78, 5) is 33.1. The molecule has 3 heterocycles. The van der Waals surface area contributed by atoms with Gasteiger partial charge in [0.1, 0.15) is 30.8 Å². The number of aromatic nitrogens is 2. The van der Waals surface area contributed by atoms with Gasteiger partial charge in [0.2, 0.25) is 11.8 Å². The molecule has 0 saturated carbocycles. The number of nitrogens with zero attached hydrogens (tertiary/aromatic N) is 3. The minimum absolute atomic E-state index is 0.157. The monoisotopic (exact) mass is 561 g/mol. The summed E-state index contributed by atoms with van der Waals surface area (Å²) in [5, 5.41) is 6.01. The van der Waals surface area contributed by atoms with Crippen molar-refractivity contribution in [2.24, 2.45) is 5.92 Å². The summed E-state index contributed by atoms with van der Waals surface area (Å²) in [7, 11) is 0. The second-order valence-corrected chi connectivity index (χ2v) is 10.9. The molecule has 2 aromatic carbocycles. The Hall–Kier alpha value is -4.05. The molecule has 2 aliphatic heterocycles. The molecule has 1 atom stereocenters. The SMILES string of the molecule is CC(C)C[C@H]1NC(=O)CN(Cc2ccc3c(c2)OCCO3)CCCOc2cccc(c2)-c2nccn2CCNC1=O. The number of benzene rings is 2. The Kier molecular flexibility index (Phi) is 9.40. The van der Waals surface area contributed by atoms with E-state index in [1.807, 2.05) is 67.1 Å². The first-order valence-corrected chi connectivity index (χ1v) is 14.4. The highest BCUT2D eigenvalue weighted by Gasteiger charge is 2.23. The Balaban J connectivity index is 1.35. The van der Waals surface area contributed by atoms with Crippen LogP contribution in [0.4, 0.5) is 0 Å². The summed E-state index contributed by atoms with van der Waals surface area (Å²) < 4.78 is 19.5. The highest BCUT2D eigenvalue weighted by molar-refractivity contribution is 5.88. The van der Waals surface area contributed by atoms with Crippen molar-refractivity contribution in [1.82, 2.24) is 25.1 Å². The molecule has 0 unspecified atom stereocenters. The molecule has 0 aliphatic carbocycles. The molecule has 2 N–H and O–H groups in total. The van der Waals surface area contributed by atoms with E-state index in [2.05, 4.69) is 20.5 Å². The number of rotatable bonds is 4. The zero-order chi connectivity index (χ0) is 28.6. The molecule has 218 valence electrons. The Morgan fingerprint density at radius 2 is 1.85 bits per heavy atom. The first-order valence-electron chi connectivity index (χ1n) is 14.4. The molecular formula is C31H39N5O5. The molecule has 41 heavy (non-hydrogen) atoms. The van der Waals surface area contributed by atoms with Crippen LogP contribution < -0.4 is 24.8 Å². The number of nitrogens with one attached hydrogen (secondary N) is 2. The van der Waals surface area contributed by atoms with Crippen LogP contribution >= 0.6 is 0 Å². The Bertz CT molecular complexity index is 1340. The molecule has 2 bridgehead atoms. The number of ether oxygens (including phenoxy) is 3. The van der Waals surface area contributed by atoms with Gasteiger partial charge < -0.3 is 29.4 Å². The molecule has 10 nitrogen and oxygen atoms in total. The third-order valence-electron chi connectivity index (χ3n) is 7.09. The van der Waals surface area contributed by atoms with Crippen molar-refractivity contribution in [1.29, 1.82) is 0 Å². The zero-order valence-corrected chi connectivity index (χ0v) is 23.8. The third kappa shape index (κ3) is 7.79. The summed E-state index contributed by atoms with van der Waals surface area (Å²) in [5.74, 6) is 2.90. The van der Waals surface area contributed by atoms with Crippen LogP contribution in [-0.4, -0.2) is 71.8 Å². The van der Waals surface area contributed by atoms with Crippen LogP contribution in [0.2, 0.25) is 0 Å². The van der Waals surface area contributed by atoms with Crippen molar-refractivity contribution in [2.75, 3.05) is 39.5 Å². The maximum atomic E-state index is 13.3. The van der Waals surface area contributed by atoms with Crippen LogP contribution in [0.25, 0.3) is 11.4 Å². The molecular weight excluding hydrogens is 522 g/mol. The number of carbonyl (C=O) groups is 2. The molecule has 0 spiro atoms. The highest BCUT2D eigenvalue weighted by atomic mass is 16.6. The van der Waals surface area contributed by atoms with E-state index in [-0.39, 0.29) is 24.3 Å². The van der Waals surface area contributed by atoms with Crippen LogP contribution in [-0.2, 0) is 22.7 Å². The molecule has 1 aromatic heterocycles. The Morgan fingerprint density at radius 1 is 1.00 bits per heavy atom. The van der Waals surface area contributed by atoms with E-state index in [9.17, 15) is 9.59 Å². The average molecular weight is 562 g/mol. The summed E-state index contributed by atoms with van der Waals surface area (Å²) >= 11 is 0. The molecule has 0 radical (unpaired) electrons. The van der Waals surface area contributed by atoms with Crippen LogP contribution in [0.15, 0.2) is 54.9 Å². The molecule has 2 amide bonds. The summed E-state index contributed by atoms with van der Waals surface area (Å²) in [6.07, 6.45) is 4.92. The molecule has 0 fully saturated rings. The predicted octanol–water partition coefficient (Wildman–Crippen LogP) is 3.25. The fourth-order valence-corrected chi connectivity index (χ4v) is 5.18. The number of fused-ring (bicyclic) bond motifs is 5. The smallest absolute Gasteiger partial charge is 0.242 e. The van der Waals surface area contributed by atoms with Gasteiger partial charge in [0.05, 0.1) is 13.2 Å². The van der Waals surface area contributed by atoms with E-state index in [1.165, 1.54) is 0 Å². The fraction of sp³-hybridized carbons (Fsp3) is 0.452. The number of hydrogen-bond donors (Lipinski definition) is 2. The van der Waals surface area contributed by atoms with E-state index in [4.69, 9.17) is 14.2 Å². The maximum absolute atomic E-state index is 13.3. The number of hydrogen-bond acceptors (Lipinski definition) is 7. The Labute approximate surface area is 241 Å². The maximum Gasteiger partial charge on any atom is 0.242 e. The molecule has 5 rings (SSSR count). The van der Waals surface area contributed by atoms with Crippen LogP contribution in [0.1, 0.15) is 32.3 Å². The first-order chi connectivity index (χ1) is 19.9. The van der Waals surface area contributed by atoms with Gasteiger partial charge in [0, 0.05) is 44.1 Å². The molecule has 0 saturated heterocycles.